The summed E-state index contributed by atoms with van der Waals surface area (Å²) in [6.07, 6.45) is 5.19. The van der Waals surface area contributed by atoms with E-state index in [0.717, 1.165) is 24.0 Å². The van der Waals surface area contributed by atoms with E-state index in [1.807, 2.05) is 6.07 Å². The molecular formula is C22H30Cl4FN5O. The van der Waals surface area contributed by atoms with E-state index in [1.165, 1.54) is 6.07 Å². The van der Waals surface area contributed by atoms with Gasteiger partial charge in [-0.2, -0.15) is 5.10 Å². The molecule has 0 spiro atoms. The van der Waals surface area contributed by atoms with Crippen LogP contribution in [-0.2, 0) is 0 Å². The molecule has 0 bridgehead atoms. The first-order valence-electron chi connectivity index (χ1n) is 9.80. The normalized spacial score (nSPS) is 16.3. The van der Waals surface area contributed by atoms with Gasteiger partial charge in [-0.25, -0.2) is 4.39 Å². The van der Waals surface area contributed by atoms with Crippen molar-refractivity contribution in [2.45, 2.75) is 57.7 Å². The van der Waals surface area contributed by atoms with Crippen molar-refractivity contribution in [2.24, 2.45) is 0 Å². The number of benzene rings is 1. The number of ether oxygens (including phenoxy) is 1. The number of aromatic nitrogens is 4. The predicted molar refractivity (Wildman–Crippen MR) is 139 cm³/mol. The van der Waals surface area contributed by atoms with Crippen LogP contribution in [0.25, 0.3) is 22.4 Å². The number of nitrogens with one attached hydrogen (secondary N) is 2. The van der Waals surface area contributed by atoms with Crippen molar-refractivity contribution in [2.75, 3.05) is 0 Å². The lowest BCUT2D eigenvalue weighted by molar-refractivity contribution is 0.0524. The van der Waals surface area contributed by atoms with Gasteiger partial charge in [-0.05, 0) is 51.5 Å². The van der Waals surface area contributed by atoms with Crippen LogP contribution in [0.3, 0.4) is 0 Å². The summed E-state index contributed by atoms with van der Waals surface area (Å²) >= 11 is 0. The SMILES string of the molecule is CC1(C)CC(Oc2ccc(-c3ccc(-c4cn[nH]c4)cc3F)nn2)CC(C)(C)N1.Cl.Cl.Cl.Cl. The minimum absolute atomic E-state index is 0. The molecule has 1 fully saturated rings. The van der Waals surface area contributed by atoms with Gasteiger partial charge in [0.2, 0.25) is 5.88 Å². The highest BCUT2D eigenvalue weighted by molar-refractivity contribution is 5.86. The van der Waals surface area contributed by atoms with Crippen LogP contribution >= 0.6 is 49.6 Å². The fourth-order valence-electron chi connectivity index (χ4n) is 4.32. The Morgan fingerprint density at radius 3 is 2.09 bits per heavy atom. The van der Waals surface area contributed by atoms with Gasteiger partial charge >= 0.3 is 0 Å². The Bertz CT molecular complexity index is 985. The summed E-state index contributed by atoms with van der Waals surface area (Å²) in [4.78, 5) is 0. The summed E-state index contributed by atoms with van der Waals surface area (Å²) in [5.74, 6) is 0.108. The largest absolute Gasteiger partial charge is 0.473 e. The molecule has 11 heteroatoms. The molecule has 33 heavy (non-hydrogen) atoms. The van der Waals surface area contributed by atoms with Crippen LogP contribution in [0.1, 0.15) is 40.5 Å². The topological polar surface area (TPSA) is 75.7 Å². The molecule has 0 unspecified atom stereocenters. The van der Waals surface area contributed by atoms with Crippen LogP contribution in [0.4, 0.5) is 4.39 Å². The zero-order valence-electron chi connectivity index (χ0n) is 18.8. The van der Waals surface area contributed by atoms with Crippen molar-refractivity contribution in [3.05, 3.63) is 48.5 Å². The van der Waals surface area contributed by atoms with Gasteiger partial charge in [0, 0.05) is 47.3 Å². The van der Waals surface area contributed by atoms with Gasteiger partial charge in [-0.15, -0.1) is 59.8 Å². The lowest BCUT2D eigenvalue weighted by Crippen LogP contribution is -2.60. The van der Waals surface area contributed by atoms with E-state index in [0.29, 0.717) is 17.1 Å². The maximum Gasteiger partial charge on any atom is 0.233 e. The second-order valence-electron chi connectivity index (χ2n) is 8.98. The Kier molecular flexibility index (Phi) is 11.6. The van der Waals surface area contributed by atoms with E-state index in [9.17, 15) is 4.39 Å². The molecule has 1 saturated heterocycles. The van der Waals surface area contributed by atoms with Crippen LogP contribution in [0.5, 0.6) is 5.88 Å². The molecule has 1 aliphatic heterocycles. The van der Waals surface area contributed by atoms with Gasteiger partial charge in [0.1, 0.15) is 11.9 Å². The number of piperidine rings is 1. The number of halogens is 5. The average Bonchev–Trinajstić information content (AvgIpc) is 3.14. The number of hydrogen-bond donors (Lipinski definition) is 2. The Balaban J connectivity index is 0.00000256. The first-order chi connectivity index (χ1) is 13.7. The van der Waals surface area contributed by atoms with E-state index in [4.69, 9.17) is 4.74 Å². The number of H-pyrrole nitrogens is 1. The van der Waals surface area contributed by atoms with Crippen LogP contribution < -0.4 is 10.1 Å². The lowest BCUT2D eigenvalue weighted by Gasteiger charge is -2.46. The van der Waals surface area contributed by atoms with Crippen molar-refractivity contribution >= 4 is 49.6 Å². The highest BCUT2D eigenvalue weighted by atomic mass is 35.5. The van der Waals surface area contributed by atoms with Crippen LogP contribution in [-0.4, -0.2) is 37.6 Å². The standard InChI is InChI=1S/C22H26FN5O.4ClH/c1-21(2)10-16(11-22(3,4)28-21)29-20-8-7-19(26-27-20)17-6-5-14(9-18(17)23)15-12-24-25-13-15;;;;/h5-9,12-13,16,28H,10-11H2,1-4H3,(H,24,25);4*1H. The monoisotopic (exact) mass is 539 g/mol. The molecule has 0 aliphatic carbocycles. The number of hydrogen-bond acceptors (Lipinski definition) is 5. The first kappa shape index (κ1) is 31.4. The molecule has 2 N–H and O–H groups in total. The van der Waals surface area contributed by atoms with Crippen LogP contribution in [0.2, 0.25) is 0 Å². The molecule has 3 heterocycles. The van der Waals surface area contributed by atoms with Crippen molar-refractivity contribution in [1.82, 2.24) is 25.7 Å². The predicted octanol–water partition coefficient (Wildman–Crippen LogP) is 6.05. The fraction of sp³-hybridized carbons (Fsp3) is 0.409. The van der Waals surface area contributed by atoms with Crippen molar-refractivity contribution < 1.29 is 9.13 Å². The third-order valence-corrected chi connectivity index (χ3v) is 5.16. The molecule has 6 nitrogen and oxygen atoms in total. The maximum atomic E-state index is 14.6. The second kappa shape index (κ2) is 12.2. The minimum atomic E-state index is -0.353. The zero-order chi connectivity index (χ0) is 20.6. The summed E-state index contributed by atoms with van der Waals surface area (Å²) < 4.78 is 20.7. The van der Waals surface area contributed by atoms with Gasteiger partial charge in [0.05, 0.1) is 11.9 Å². The summed E-state index contributed by atoms with van der Waals surface area (Å²) in [5.41, 5.74) is 2.43. The number of nitrogens with zero attached hydrogens (tertiary/aromatic N) is 3. The Hall–Kier alpha value is -1.64. The third kappa shape index (κ3) is 7.69. The lowest BCUT2D eigenvalue weighted by atomic mass is 9.81. The Morgan fingerprint density at radius 1 is 0.909 bits per heavy atom. The van der Waals surface area contributed by atoms with E-state index in [1.54, 1.807) is 30.6 Å². The molecular weight excluding hydrogens is 511 g/mol. The molecule has 0 saturated carbocycles. The summed E-state index contributed by atoms with van der Waals surface area (Å²) in [6, 6.07) is 8.53. The summed E-state index contributed by atoms with van der Waals surface area (Å²) in [7, 11) is 0. The molecule has 0 radical (unpaired) electrons. The molecule has 3 aromatic rings. The summed E-state index contributed by atoms with van der Waals surface area (Å²) in [5, 5.41) is 18.6. The zero-order valence-corrected chi connectivity index (χ0v) is 22.1. The molecule has 1 aromatic carbocycles. The Labute approximate surface area is 218 Å². The fourth-order valence-corrected chi connectivity index (χ4v) is 4.32. The summed E-state index contributed by atoms with van der Waals surface area (Å²) in [6.45, 7) is 8.70. The quantitative estimate of drug-likeness (QED) is 0.421. The minimum Gasteiger partial charge on any atom is -0.473 e. The highest BCUT2D eigenvalue weighted by Crippen LogP contribution is 2.31. The van der Waals surface area contributed by atoms with Crippen molar-refractivity contribution in [3.63, 3.8) is 0 Å². The van der Waals surface area contributed by atoms with Crippen LogP contribution in [0, 0.1) is 5.82 Å². The molecule has 1 aliphatic rings. The van der Waals surface area contributed by atoms with Gasteiger partial charge < -0.3 is 10.1 Å². The smallest absolute Gasteiger partial charge is 0.233 e. The van der Waals surface area contributed by atoms with Crippen molar-refractivity contribution in [3.8, 4) is 28.3 Å². The van der Waals surface area contributed by atoms with E-state index >= 15 is 0 Å². The number of rotatable bonds is 4. The van der Waals surface area contributed by atoms with Crippen molar-refractivity contribution in [1.29, 1.82) is 0 Å². The molecule has 0 atom stereocenters. The third-order valence-electron chi connectivity index (χ3n) is 5.16. The van der Waals surface area contributed by atoms with Gasteiger partial charge in [-0.1, -0.05) is 6.07 Å². The molecule has 0 amide bonds. The van der Waals surface area contributed by atoms with Gasteiger partial charge in [0.15, 0.2) is 0 Å². The average molecular weight is 541 g/mol. The van der Waals surface area contributed by atoms with E-state index in [2.05, 4.69) is 53.4 Å². The molecule has 2 aromatic heterocycles. The Morgan fingerprint density at radius 2 is 1.58 bits per heavy atom. The molecule has 4 rings (SSSR count). The van der Waals surface area contributed by atoms with E-state index in [-0.39, 0.29) is 72.6 Å². The van der Waals surface area contributed by atoms with E-state index < -0.39 is 0 Å². The second-order valence-corrected chi connectivity index (χ2v) is 8.98. The maximum absolute atomic E-state index is 14.6. The number of aromatic amines is 1. The van der Waals surface area contributed by atoms with Crippen LogP contribution in [0.15, 0.2) is 42.7 Å². The first-order valence-corrected chi connectivity index (χ1v) is 9.80. The highest BCUT2D eigenvalue weighted by Gasteiger charge is 2.38. The van der Waals surface area contributed by atoms with Gasteiger partial charge in [-0.3, -0.25) is 5.10 Å². The van der Waals surface area contributed by atoms with Gasteiger partial charge in [0.25, 0.3) is 0 Å². The molecule has 184 valence electrons.